The van der Waals surface area contributed by atoms with Crippen LogP contribution in [-0.2, 0) is 0 Å². The van der Waals surface area contributed by atoms with Crippen LogP contribution in [0.3, 0.4) is 0 Å². The van der Waals surface area contributed by atoms with Crippen molar-refractivity contribution < 1.29 is 14.6 Å². The van der Waals surface area contributed by atoms with Crippen molar-refractivity contribution in [2.45, 2.75) is 12.8 Å². The monoisotopic (exact) mass is 271 g/mol. The molecule has 0 spiro atoms. The summed E-state index contributed by atoms with van der Waals surface area (Å²) in [6.45, 7) is 0.582. The van der Waals surface area contributed by atoms with E-state index in [1.165, 1.54) is 19.0 Å². The Hall–Kier alpha value is -1.10. The van der Waals surface area contributed by atoms with Gasteiger partial charge in [0, 0.05) is 10.7 Å². The molecule has 1 heterocycles. The average Bonchev–Trinajstić information content (AvgIpc) is 2.97. The molecule has 1 aliphatic carbocycles. The first-order valence-corrected chi connectivity index (χ1v) is 5.48. The van der Waals surface area contributed by atoms with Crippen LogP contribution in [0.1, 0.15) is 23.3 Å². The normalized spacial score (nSPS) is 15.0. The van der Waals surface area contributed by atoms with Crippen molar-refractivity contribution >= 4 is 21.9 Å². The van der Waals surface area contributed by atoms with E-state index in [1.807, 2.05) is 0 Å². The molecular formula is C10H10BrNO3. The Morgan fingerprint density at radius 3 is 3.00 bits per heavy atom. The topological polar surface area (TPSA) is 59.4 Å². The maximum Gasteiger partial charge on any atom is 0.358 e. The number of nitrogens with zero attached hydrogens (tertiary/aromatic N) is 1. The number of hydrogen-bond acceptors (Lipinski definition) is 3. The molecule has 1 fully saturated rings. The van der Waals surface area contributed by atoms with E-state index < -0.39 is 5.97 Å². The number of pyridine rings is 1. The Bertz CT molecular complexity index is 390. The minimum Gasteiger partial charge on any atom is -0.491 e. The summed E-state index contributed by atoms with van der Waals surface area (Å²) in [6, 6.07) is 1.64. The molecule has 1 aliphatic rings. The SMILES string of the molecule is O=C(O)c1ncc(Br)cc1OCC1CC1. The molecule has 15 heavy (non-hydrogen) atoms. The lowest BCUT2D eigenvalue weighted by Crippen LogP contribution is -2.07. The van der Waals surface area contributed by atoms with Crippen molar-refractivity contribution in [3.05, 3.63) is 22.4 Å². The van der Waals surface area contributed by atoms with Crippen LogP contribution in [0.2, 0.25) is 0 Å². The lowest BCUT2D eigenvalue weighted by atomic mass is 10.3. The maximum atomic E-state index is 10.8. The molecule has 0 radical (unpaired) electrons. The summed E-state index contributed by atoms with van der Waals surface area (Å²) < 4.78 is 6.15. The third-order valence-corrected chi connectivity index (χ3v) is 2.63. The van der Waals surface area contributed by atoms with Crippen molar-refractivity contribution in [1.29, 1.82) is 0 Å². The Kier molecular flexibility index (Phi) is 2.90. The predicted octanol–water partition coefficient (Wildman–Crippen LogP) is 2.33. The summed E-state index contributed by atoms with van der Waals surface area (Å²) in [7, 11) is 0. The lowest BCUT2D eigenvalue weighted by molar-refractivity contribution is 0.0685. The molecule has 5 heteroatoms. The molecule has 4 nitrogen and oxygen atoms in total. The molecule has 0 unspecified atom stereocenters. The Morgan fingerprint density at radius 2 is 2.40 bits per heavy atom. The number of halogens is 1. The first kappa shape index (κ1) is 10.4. The van der Waals surface area contributed by atoms with Crippen molar-refractivity contribution in [3.63, 3.8) is 0 Å². The summed E-state index contributed by atoms with van der Waals surface area (Å²) in [5.41, 5.74) is -0.0288. The van der Waals surface area contributed by atoms with Crippen LogP contribution in [0, 0.1) is 5.92 Å². The first-order chi connectivity index (χ1) is 7.16. The number of ether oxygens (including phenoxy) is 1. The fourth-order valence-corrected chi connectivity index (χ4v) is 1.49. The second kappa shape index (κ2) is 4.18. The highest BCUT2D eigenvalue weighted by molar-refractivity contribution is 9.10. The van der Waals surface area contributed by atoms with Crippen LogP contribution < -0.4 is 4.74 Å². The van der Waals surface area contributed by atoms with E-state index in [-0.39, 0.29) is 5.69 Å². The van der Waals surface area contributed by atoms with Gasteiger partial charge in [-0.1, -0.05) is 0 Å². The van der Waals surface area contributed by atoms with Crippen molar-refractivity contribution in [1.82, 2.24) is 4.98 Å². The molecule has 0 atom stereocenters. The average molecular weight is 272 g/mol. The number of aromatic carboxylic acids is 1. The summed E-state index contributed by atoms with van der Waals surface area (Å²) >= 11 is 3.23. The Labute approximate surface area is 95.4 Å². The van der Waals surface area contributed by atoms with Crippen LogP contribution in [0.5, 0.6) is 5.75 Å². The van der Waals surface area contributed by atoms with E-state index in [2.05, 4.69) is 20.9 Å². The number of carboxylic acid groups (broad SMARTS) is 1. The second-order valence-corrected chi connectivity index (χ2v) is 4.48. The molecule has 1 aromatic heterocycles. The number of carboxylic acids is 1. The number of aromatic nitrogens is 1. The van der Waals surface area contributed by atoms with Crippen molar-refractivity contribution in [2.24, 2.45) is 5.92 Å². The van der Waals surface area contributed by atoms with Gasteiger partial charge in [-0.3, -0.25) is 0 Å². The van der Waals surface area contributed by atoms with Gasteiger partial charge in [-0.2, -0.15) is 0 Å². The number of carbonyl (C=O) groups is 1. The van der Waals surface area contributed by atoms with Crippen LogP contribution in [0.4, 0.5) is 0 Å². The van der Waals surface area contributed by atoms with Gasteiger partial charge in [0.05, 0.1) is 6.61 Å². The zero-order valence-electron chi connectivity index (χ0n) is 7.94. The summed E-state index contributed by atoms with van der Waals surface area (Å²) in [5.74, 6) is -0.136. The molecule has 1 aromatic rings. The summed E-state index contributed by atoms with van der Waals surface area (Å²) in [4.78, 5) is 14.6. The minimum atomic E-state index is -1.06. The smallest absolute Gasteiger partial charge is 0.358 e. The standard InChI is InChI=1S/C10H10BrNO3/c11-7-3-8(15-5-6-1-2-6)9(10(13)14)12-4-7/h3-4,6H,1-2,5H2,(H,13,14). The van der Waals surface area contributed by atoms with E-state index in [0.717, 1.165) is 4.47 Å². The van der Waals surface area contributed by atoms with Gasteiger partial charge in [0.1, 0.15) is 0 Å². The Balaban J connectivity index is 2.16. The van der Waals surface area contributed by atoms with Crippen LogP contribution in [0.15, 0.2) is 16.7 Å². The van der Waals surface area contributed by atoms with E-state index in [1.54, 1.807) is 6.07 Å². The second-order valence-electron chi connectivity index (χ2n) is 3.56. The molecule has 0 amide bonds. The van der Waals surface area contributed by atoms with Crippen LogP contribution >= 0.6 is 15.9 Å². The third kappa shape index (κ3) is 2.68. The lowest BCUT2D eigenvalue weighted by Gasteiger charge is -2.07. The highest BCUT2D eigenvalue weighted by atomic mass is 79.9. The van der Waals surface area contributed by atoms with Crippen LogP contribution in [0.25, 0.3) is 0 Å². The first-order valence-electron chi connectivity index (χ1n) is 4.68. The van der Waals surface area contributed by atoms with E-state index in [4.69, 9.17) is 9.84 Å². The fraction of sp³-hybridized carbons (Fsp3) is 0.400. The molecular weight excluding hydrogens is 262 g/mol. The largest absolute Gasteiger partial charge is 0.491 e. The summed E-state index contributed by atoms with van der Waals surface area (Å²) in [5, 5.41) is 8.88. The molecule has 0 saturated heterocycles. The van der Waals surface area contributed by atoms with Crippen LogP contribution in [-0.4, -0.2) is 22.7 Å². The molecule has 2 rings (SSSR count). The molecule has 1 saturated carbocycles. The molecule has 0 bridgehead atoms. The third-order valence-electron chi connectivity index (χ3n) is 2.19. The van der Waals surface area contributed by atoms with Gasteiger partial charge in [-0.25, -0.2) is 9.78 Å². The van der Waals surface area contributed by atoms with Gasteiger partial charge >= 0.3 is 5.97 Å². The van der Waals surface area contributed by atoms with Gasteiger partial charge in [0.15, 0.2) is 11.4 Å². The van der Waals surface area contributed by atoms with E-state index >= 15 is 0 Å². The van der Waals surface area contributed by atoms with Crippen molar-refractivity contribution in [3.8, 4) is 5.75 Å². The van der Waals surface area contributed by atoms with Gasteiger partial charge in [-0.05, 0) is 40.8 Å². The van der Waals surface area contributed by atoms with E-state index in [9.17, 15) is 4.79 Å². The minimum absolute atomic E-state index is 0.0288. The zero-order chi connectivity index (χ0) is 10.8. The molecule has 0 aromatic carbocycles. The molecule has 0 aliphatic heterocycles. The number of rotatable bonds is 4. The van der Waals surface area contributed by atoms with Crippen molar-refractivity contribution in [2.75, 3.05) is 6.61 Å². The van der Waals surface area contributed by atoms with Gasteiger partial charge in [-0.15, -0.1) is 0 Å². The quantitative estimate of drug-likeness (QED) is 0.913. The molecule has 80 valence electrons. The van der Waals surface area contributed by atoms with E-state index in [0.29, 0.717) is 18.3 Å². The van der Waals surface area contributed by atoms with Gasteiger partial charge in [0.25, 0.3) is 0 Å². The highest BCUT2D eigenvalue weighted by Crippen LogP contribution is 2.30. The maximum absolute atomic E-state index is 10.8. The zero-order valence-corrected chi connectivity index (χ0v) is 9.53. The predicted molar refractivity (Wildman–Crippen MR) is 57.1 cm³/mol. The highest BCUT2D eigenvalue weighted by Gasteiger charge is 2.23. The molecule has 1 N–H and O–H groups in total. The fourth-order valence-electron chi connectivity index (χ4n) is 1.18. The number of hydrogen-bond donors (Lipinski definition) is 1. The van der Waals surface area contributed by atoms with Gasteiger partial charge < -0.3 is 9.84 Å². The Morgan fingerprint density at radius 1 is 1.67 bits per heavy atom. The van der Waals surface area contributed by atoms with Gasteiger partial charge in [0.2, 0.25) is 0 Å². The summed E-state index contributed by atoms with van der Waals surface area (Å²) in [6.07, 6.45) is 3.79.